The fourth-order valence-corrected chi connectivity index (χ4v) is 1.84. The molecule has 0 bridgehead atoms. The summed E-state index contributed by atoms with van der Waals surface area (Å²) < 4.78 is 5.10. The third-order valence-corrected chi connectivity index (χ3v) is 2.71. The van der Waals surface area contributed by atoms with Gasteiger partial charge in [-0.2, -0.15) is 0 Å². The Morgan fingerprint density at radius 3 is 2.59 bits per heavy atom. The van der Waals surface area contributed by atoms with Crippen molar-refractivity contribution in [2.45, 2.75) is 52.2 Å². The average Bonchev–Trinajstić information content (AvgIpc) is 2.18. The first-order valence-electron chi connectivity index (χ1n) is 6.10. The molecule has 1 fully saturated rings. The van der Waals surface area contributed by atoms with Crippen molar-refractivity contribution >= 4 is 12.0 Å². The minimum absolute atomic E-state index is 0.0370. The van der Waals surface area contributed by atoms with E-state index in [0.29, 0.717) is 13.0 Å². The molecule has 17 heavy (non-hydrogen) atoms. The van der Waals surface area contributed by atoms with Gasteiger partial charge < -0.3 is 15.4 Å². The fourth-order valence-electron chi connectivity index (χ4n) is 1.84. The van der Waals surface area contributed by atoms with Crippen LogP contribution in [-0.2, 0) is 9.53 Å². The summed E-state index contributed by atoms with van der Waals surface area (Å²) in [6.45, 7) is 7.97. The number of nitrogens with one attached hydrogen (secondary N) is 2. The number of amides is 2. The molecule has 0 aliphatic carbocycles. The molecular formula is C12H22N2O3. The summed E-state index contributed by atoms with van der Waals surface area (Å²) >= 11 is 0. The lowest BCUT2D eigenvalue weighted by molar-refractivity contribution is -0.135. The van der Waals surface area contributed by atoms with Crippen molar-refractivity contribution in [2.24, 2.45) is 5.92 Å². The van der Waals surface area contributed by atoms with E-state index >= 15 is 0 Å². The first-order valence-corrected chi connectivity index (χ1v) is 6.10. The number of carbonyl (C=O) groups is 2. The molecule has 5 heteroatoms. The third-order valence-electron chi connectivity index (χ3n) is 2.71. The second-order valence-corrected chi connectivity index (χ2v) is 5.35. The van der Waals surface area contributed by atoms with Gasteiger partial charge in [0.1, 0.15) is 5.60 Å². The molecule has 2 atom stereocenters. The molecule has 5 nitrogen and oxygen atoms in total. The van der Waals surface area contributed by atoms with Gasteiger partial charge in [-0.15, -0.1) is 0 Å². The quantitative estimate of drug-likeness (QED) is 0.733. The molecule has 1 aliphatic rings. The molecule has 0 spiro atoms. The van der Waals surface area contributed by atoms with E-state index in [4.69, 9.17) is 4.74 Å². The molecule has 2 amide bonds. The molecule has 0 aromatic carbocycles. The van der Waals surface area contributed by atoms with Crippen LogP contribution in [0.1, 0.15) is 40.5 Å². The van der Waals surface area contributed by atoms with Crippen LogP contribution < -0.4 is 10.6 Å². The highest BCUT2D eigenvalue weighted by Crippen LogP contribution is 2.20. The maximum Gasteiger partial charge on any atom is 0.407 e. The lowest BCUT2D eigenvalue weighted by atomic mass is 9.86. The second kappa shape index (κ2) is 5.38. The topological polar surface area (TPSA) is 67.4 Å². The molecule has 0 unspecified atom stereocenters. The van der Waals surface area contributed by atoms with Gasteiger partial charge in [-0.05, 0) is 33.6 Å². The molecule has 0 aromatic heterocycles. The number of ether oxygens (including phenoxy) is 1. The number of rotatable bonds is 4. The Morgan fingerprint density at radius 1 is 1.47 bits per heavy atom. The van der Waals surface area contributed by atoms with Crippen LogP contribution in [0.15, 0.2) is 0 Å². The maximum atomic E-state index is 11.3. The highest BCUT2D eigenvalue weighted by Gasteiger charge is 2.37. The molecule has 1 aliphatic heterocycles. The number of hydrogen-bond acceptors (Lipinski definition) is 3. The van der Waals surface area contributed by atoms with Crippen LogP contribution in [-0.4, -0.2) is 30.2 Å². The van der Waals surface area contributed by atoms with Crippen LogP contribution in [0.3, 0.4) is 0 Å². The minimum Gasteiger partial charge on any atom is -0.444 e. The number of alkyl carbamates (subject to hydrolysis) is 1. The SMILES string of the molecule is CC[C@@H]1NC(=O)[C@@H]1CCNC(=O)OC(C)(C)C. The third kappa shape index (κ3) is 4.24. The Bertz CT molecular complexity index is 297. The molecule has 2 N–H and O–H groups in total. The highest BCUT2D eigenvalue weighted by atomic mass is 16.6. The van der Waals surface area contributed by atoms with Crippen molar-refractivity contribution < 1.29 is 14.3 Å². The molecule has 0 saturated carbocycles. The number of β-lactam (4-membered cyclic amide) rings is 1. The fraction of sp³-hybridized carbons (Fsp3) is 0.833. The van der Waals surface area contributed by atoms with Crippen molar-refractivity contribution in [3.8, 4) is 0 Å². The van der Waals surface area contributed by atoms with Gasteiger partial charge in [-0.25, -0.2) is 4.79 Å². The van der Waals surface area contributed by atoms with E-state index in [-0.39, 0.29) is 17.9 Å². The van der Waals surface area contributed by atoms with E-state index in [1.54, 1.807) is 0 Å². The summed E-state index contributed by atoms with van der Waals surface area (Å²) in [5.41, 5.74) is -0.482. The number of carbonyl (C=O) groups excluding carboxylic acids is 2. The van der Waals surface area contributed by atoms with Crippen LogP contribution in [0.5, 0.6) is 0 Å². The van der Waals surface area contributed by atoms with Crippen LogP contribution >= 0.6 is 0 Å². The van der Waals surface area contributed by atoms with Crippen LogP contribution in [0.25, 0.3) is 0 Å². The van der Waals surface area contributed by atoms with Crippen molar-refractivity contribution in [1.29, 1.82) is 0 Å². The zero-order valence-corrected chi connectivity index (χ0v) is 11.0. The van der Waals surface area contributed by atoms with Crippen molar-refractivity contribution in [3.63, 3.8) is 0 Å². The largest absolute Gasteiger partial charge is 0.444 e. The van der Waals surface area contributed by atoms with Gasteiger partial charge in [-0.3, -0.25) is 4.79 Å². The van der Waals surface area contributed by atoms with E-state index < -0.39 is 11.7 Å². The molecule has 1 rings (SSSR count). The zero-order valence-electron chi connectivity index (χ0n) is 11.0. The smallest absolute Gasteiger partial charge is 0.407 e. The lowest BCUT2D eigenvalue weighted by Gasteiger charge is -2.36. The Kier molecular flexibility index (Phi) is 4.37. The second-order valence-electron chi connectivity index (χ2n) is 5.35. The van der Waals surface area contributed by atoms with Gasteiger partial charge in [0, 0.05) is 12.6 Å². The van der Waals surface area contributed by atoms with Gasteiger partial charge in [-0.1, -0.05) is 6.92 Å². The molecule has 0 aromatic rings. The van der Waals surface area contributed by atoms with Crippen LogP contribution in [0, 0.1) is 5.92 Å². The Labute approximate surface area is 102 Å². The maximum absolute atomic E-state index is 11.3. The zero-order chi connectivity index (χ0) is 13.1. The highest BCUT2D eigenvalue weighted by molar-refractivity contribution is 5.85. The molecular weight excluding hydrogens is 220 g/mol. The standard InChI is InChI=1S/C12H22N2O3/c1-5-9-8(10(15)14-9)6-7-13-11(16)17-12(2,3)4/h8-9H,5-7H2,1-4H3,(H,13,16)(H,14,15)/t8-,9+/m1/s1. The Hall–Kier alpha value is -1.26. The lowest BCUT2D eigenvalue weighted by Crippen LogP contribution is -2.58. The van der Waals surface area contributed by atoms with E-state index in [1.165, 1.54) is 0 Å². The van der Waals surface area contributed by atoms with Crippen molar-refractivity contribution in [1.82, 2.24) is 10.6 Å². The first-order chi connectivity index (χ1) is 7.83. The minimum atomic E-state index is -0.482. The first kappa shape index (κ1) is 13.8. The summed E-state index contributed by atoms with van der Waals surface area (Å²) in [6, 6.07) is 0.267. The van der Waals surface area contributed by atoms with Crippen molar-refractivity contribution in [3.05, 3.63) is 0 Å². The predicted octanol–water partition coefficient (Wildman–Crippen LogP) is 1.43. The summed E-state index contributed by atoms with van der Waals surface area (Å²) in [5, 5.41) is 5.50. The van der Waals surface area contributed by atoms with Gasteiger partial charge >= 0.3 is 6.09 Å². The van der Waals surface area contributed by atoms with Gasteiger partial charge in [0.05, 0.1) is 5.92 Å². The monoisotopic (exact) mass is 242 g/mol. The molecule has 0 radical (unpaired) electrons. The van der Waals surface area contributed by atoms with E-state index in [0.717, 1.165) is 6.42 Å². The Morgan fingerprint density at radius 2 is 2.12 bits per heavy atom. The average molecular weight is 242 g/mol. The Balaban J connectivity index is 2.19. The summed E-state index contributed by atoms with van der Waals surface area (Å²) in [6.07, 6.45) is 1.18. The summed E-state index contributed by atoms with van der Waals surface area (Å²) in [5.74, 6) is 0.123. The molecule has 1 saturated heterocycles. The van der Waals surface area contributed by atoms with Crippen molar-refractivity contribution in [2.75, 3.05) is 6.54 Å². The van der Waals surface area contributed by atoms with Crippen LogP contribution in [0.4, 0.5) is 4.79 Å². The van der Waals surface area contributed by atoms with Crippen LogP contribution in [0.2, 0.25) is 0 Å². The summed E-state index contributed by atoms with van der Waals surface area (Å²) in [4.78, 5) is 22.6. The van der Waals surface area contributed by atoms with Gasteiger partial charge in [0.15, 0.2) is 0 Å². The van der Waals surface area contributed by atoms with Gasteiger partial charge in [0.2, 0.25) is 5.91 Å². The molecule has 98 valence electrons. The van der Waals surface area contributed by atoms with E-state index in [1.807, 2.05) is 27.7 Å². The summed E-state index contributed by atoms with van der Waals surface area (Å²) in [7, 11) is 0. The van der Waals surface area contributed by atoms with E-state index in [9.17, 15) is 9.59 Å². The normalized spacial score (nSPS) is 23.6. The van der Waals surface area contributed by atoms with E-state index in [2.05, 4.69) is 10.6 Å². The predicted molar refractivity (Wildman–Crippen MR) is 64.6 cm³/mol. The van der Waals surface area contributed by atoms with Gasteiger partial charge in [0.25, 0.3) is 0 Å². The molecule has 1 heterocycles. The number of hydrogen-bond donors (Lipinski definition) is 2.